The Kier molecular flexibility index (Phi) is 9.42. The molecule has 0 aliphatic heterocycles. The van der Waals surface area contributed by atoms with E-state index in [-0.39, 0.29) is 0 Å². The molecule has 0 aromatic heterocycles. The first kappa shape index (κ1) is 21.9. The average Bonchev–Trinajstić information content (AvgIpc) is 2.76. The highest BCUT2D eigenvalue weighted by Crippen LogP contribution is 2.44. The second-order valence-electron chi connectivity index (χ2n) is 10.1. The van der Waals surface area contributed by atoms with E-state index in [1.807, 2.05) is 0 Å². The van der Waals surface area contributed by atoms with Crippen molar-refractivity contribution in [2.24, 2.45) is 17.8 Å². The Morgan fingerprint density at radius 1 is 0.643 bits per heavy atom. The Hall–Kier alpha value is -0.780. The molecule has 1 aromatic carbocycles. The summed E-state index contributed by atoms with van der Waals surface area (Å²) in [5.74, 6) is 4.00. The van der Waals surface area contributed by atoms with Crippen LogP contribution in [0.5, 0.6) is 0 Å². The summed E-state index contributed by atoms with van der Waals surface area (Å²) >= 11 is 0. The van der Waals surface area contributed by atoms with E-state index in [0.717, 1.165) is 23.7 Å². The molecule has 0 radical (unpaired) electrons. The number of hydrogen-bond acceptors (Lipinski definition) is 0. The van der Waals surface area contributed by atoms with Crippen LogP contribution in [0.15, 0.2) is 24.3 Å². The van der Waals surface area contributed by atoms with Gasteiger partial charge in [-0.3, -0.25) is 0 Å². The van der Waals surface area contributed by atoms with Gasteiger partial charge in [0.15, 0.2) is 0 Å². The SMILES string of the molecule is CCCCCCc1ccc([C@H]2CC[C@H]([C@H]3CC[C@H](CCCC)CC3)CC2)cc1. The molecule has 0 amide bonds. The molecule has 0 spiro atoms. The minimum atomic E-state index is 0.839. The predicted octanol–water partition coefficient (Wildman–Crippen LogP) is 9.08. The highest BCUT2D eigenvalue weighted by molar-refractivity contribution is 5.26. The summed E-state index contributed by atoms with van der Waals surface area (Å²) in [6.45, 7) is 4.63. The first-order valence-corrected chi connectivity index (χ1v) is 12.9. The van der Waals surface area contributed by atoms with Gasteiger partial charge >= 0.3 is 0 Å². The lowest BCUT2D eigenvalue weighted by Crippen LogP contribution is -2.25. The van der Waals surface area contributed by atoms with Crippen LogP contribution >= 0.6 is 0 Å². The standard InChI is InChI=1S/C28H46/c1-3-5-7-8-10-24-13-17-26(18-14-24)28-21-19-27(20-22-28)25-15-11-23(12-16-25)9-6-4-2/h13-14,17-18,23,25,27-28H,3-12,15-16,19-22H2,1-2H3/t23-,25-,27-,28-. The summed E-state index contributed by atoms with van der Waals surface area (Å²) in [5.41, 5.74) is 3.17. The van der Waals surface area contributed by atoms with Gasteiger partial charge in [-0.1, -0.05) is 89.5 Å². The van der Waals surface area contributed by atoms with Gasteiger partial charge < -0.3 is 0 Å². The molecular formula is C28H46. The van der Waals surface area contributed by atoms with Crippen LogP contribution in [0.25, 0.3) is 0 Å². The fraction of sp³-hybridized carbons (Fsp3) is 0.786. The third-order valence-electron chi connectivity index (χ3n) is 8.07. The lowest BCUT2D eigenvalue weighted by Gasteiger charge is -2.38. The zero-order valence-electron chi connectivity index (χ0n) is 18.9. The molecule has 2 saturated carbocycles. The van der Waals surface area contributed by atoms with Crippen LogP contribution in [-0.4, -0.2) is 0 Å². The zero-order valence-corrected chi connectivity index (χ0v) is 18.9. The molecule has 0 heteroatoms. The topological polar surface area (TPSA) is 0 Å². The largest absolute Gasteiger partial charge is 0.0654 e. The molecule has 3 rings (SSSR count). The van der Waals surface area contributed by atoms with Gasteiger partial charge in [-0.25, -0.2) is 0 Å². The van der Waals surface area contributed by atoms with E-state index in [1.165, 1.54) is 103 Å². The smallest absolute Gasteiger partial charge is 0.0162 e. The molecule has 0 bridgehead atoms. The number of unbranched alkanes of at least 4 members (excludes halogenated alkanes) is 4. The van der Waals surface area contributed by atoms with Gasteiger partial charge in [0, 0.05) is 0 Å². The van der Waals surface area contributed by atoms with Crippen LogP contribution in [0.2, 0.25) is 0 Å². The summed E-state index contributed by atoms with van der Waals surface area (Å²) in [4.78, 5) is 0. The molecule has 2 aliphatic rings. The fourth-order valence-corrected chi connectivity index (χ4v) is 6.08. The lowest BCUT2D eigenvalue weighted by atomic mass is 9.68. The van der Waals surface area contributed by atoms with Crippen LogP contribution in [-0.2, 0) is 6.42 Å². The second-order valence-corrected chi connectivity index (χ2v) is 10.1. The zero-order chi connectivity index (χ0) is 19.6. The van der Waals surface area contributed by atoms with Gasteiger partial charge in [-0.05, 0) is 86.2 Å². The molecule has 0 heterocycles. The number of aryl methyl sites for hydroxylation is 1. The number of hydrogen-bond donors (Lipinski definition) is 0. The summed E-state index contributed by atoms with van der Waals surface area (Å²) in [6, 6.07) is 9.76. The Labute approximate surface area is 175 Å². The Balaban J connectivity index is 1.38. The monoisotopic (exact) mass is 382 g/mol. The molecule has 2 fully saturated rings. The number of benzene rings is 1. The van der Waals surface area contributed by atoms with Crippen molar-refractivity contribution in [3.8, 4) is 0 Å². The van der Waals surface area contributed by atoms with E-state index in [0.29, 0.717) is 0 Å². The van der Waals surface area contributed by atoms with Crippen LogP contribution < -0.4 is 0 Å². The molecule has 0 unspecified atom stereocenters. The normalized spacial score (nSPS) is 28.4. The molecule has 28 heavy (non-hydrogen) atoms. The van der Waals surface area contributed by atoms with Crippen molar-refractivity contribution >= 4 is 0 Å². The molecule has 0 atom stereocenters. The maximum absolute atomic E-state index is 2.46. The Bertz CT molecular complexity index is 511. The van der Waals surface area contributed by atoms with Crippen molar-refractivity contribution in [3.63, 3.8) is 0 Å². The third-order valence-corrected chi connectivity index (χ3v) is 8.07. The van der Waals surface area contributed by atoms with Gasteiger partial charge in [0.2, 0.25) is 0 Å². The van der Waals surface area contributed by atoms with Crippen molar-refractivity contribution in [1.82, 2.24) is 0 Å². The fourth-order valence-electron chi connectivity index (χ4n) is 6.08. The Morgan fingerprint density at radius 3 is 1.86 bits per heavy atom. The van der Waals surface area contributed by atoms with Crippen molar-refractivity contribution in [3.05, 3.63) is 35.4 Å². The molecule has 0 N–H and O–H groups in total. The van der Waals surface area contributed by atoms with Gasteiger partial charge in [0.25, 0.3) is 0 Å². The van der Waals surface area contributed by atoms with Crippen LogP contribution in [0, 0.1) is 17.8 Å². The summed E-state index contributed by atoms with van der Waals surface area (Å²) in [6.07, 6.45) is 23.1. The average molecular weight is 383 g/mol. The van der Waals surface area contributed by atoms with Gasteiger partial charge in [0.1, 0.15) is 0 Å². The molecule has 2 aliphatic carbocycles. The highest BCUT2D eigenvalue weighted by Gasteiger charge is 2.31. The van der Waals surface area contributed by atoms with Crippen LogP contribution in [0.4, 0.5) is 0 Å². The summed E-state index contributed by atoms with van der Waals surface area (Å²) < 4.78 is 0. The Morgan fingerprint density at radius 2 is 1.25 bits per heavy atom. The number of rotatable bonds is 10. The third kappa shape index (κ3) is 6.64. The molecular weight excluding hydrogens is 336 g/mol. The predicted molar refractivity (Wildman–Crippen MR) is 124 cm³/mol. The quantitative estimate of drug-likeness (QED) is 0.354. The van der Waals surface area contributed by atoms with E-state index < -0.39 is 0 Å². The van der Waals surface area contributed by atoms with Gasteiger partial charge in [-0.15, -0.1) is 0 Å². The molecule has 158 valence electrons. The van der Waals surface area contributed by atoms with E-state index in [9.17, 15) is 0 Å². The van der Waals surface area contributed by atoms with E-state index in [1.54, 1.807) is 11.1 Å². The maximum atomic E-state index is 2.46. The minimum Gasteiger partial charge on any atom is -0.0654 e. The van der Waals surface area contributed by atoms with Crippen molar-refractivity contribution in [2.75, 3.05) is 0 Å². The minimum absolute atomic E-state index is 0.839. The molecule has 0 nitrogen and oxygen atoms in total. The van der Waals surface area contributed by atoms with Crippen molar-refractivity contribution in [1.29, 1.82) is 0 Å². The van der Waals surface area contributed by atoms with Gasteiger partial charge in [0.05, 0.1) is 0 Å². The molecule has 0 saturated heterocycles. The maximum Gasteiger partial charge on any atom is -0.0162 e. The lowest BCUT2D eigenvalue weighted by molar-refractivity contribution is 0.156. The highest BCUT2D eigenvalue weighted by atomic mass is 14.4. The van der Waals surface area contributed by atoms with E-state index in [4.69, 9.17) is 0 Å². The van der Waals surface area contributed by atoms with Crippen LogP contribution in [0.3, 0.4) is 0 Å². The second kappa shape index (κ2) is 12.0. The van der Waals surface area contributed by atoms with Crippen molar-refractivity contribution in [2.45, 2.75) is 122 Å². The first-order valence-electron chi connectivity index (χ1n) is 12.9. The van der Waals surface area contributed by atoms with Crippen LogP contribution in [0.1, 0.15) is 127 Å². The van der Waals surface area contributed by atoms with E-state index in [2.05, 4.69) is 38.1 Å². The van der Waals surface area contributed by atoms with Crippen molar-refractivity contribution < 1.29 is 0 Å². The van der Waals surface area contributed by atoms with Gasteiger partial charge in [-0.2, -0.15) is 0 Å². The first-order chi connectivity index (χ1) is 13.8. The molecule has 1 aromatic rings. The summed E-state index contributed by atoms with van der Waals surface area (Å²) in [5, 5.41) is 0. The van der Waals surface area contributed by atoms with E-state index >= 15 is 0 Å². The summed E-state index contributed by atoms with van der Waals surface area (Å²) in [7, 11) is 0.